The third kappa shape index (κ3) is 3.40. The van der Waals surface area contributed by atoms with Gasteiger partial charge < -0.3 is 15.2 Å². The van der Waals surface area contributed by atoms with Crippen LogP contribution in [0.3, 0.4) is 0 Å². The molecule has 0 saturated heterocycles. The van der Waals surface area contributed by atoms with Crippen molar-refractivity contribution in [2.45, 2.75) is 13.3 Å². The molecule has 0 saturated carbocycles. The van der Waals surface area contributed by atoms with E-state index in [1.165, 1.54) is 4.90 Å². The van der Waals surface area contributed by atoms with Crippen molar-refractivity contribution in [3.63, 3.8) is 0 Å². The van der Waals surface area contributed by atoms with Crippen molar-refractivity contribution < 1.29 is 9.59 Å². The molecular weight excluding hydrogens is 314 g/mol. The number of carbonyl (C=O) groups excluding carboxylic acids is 2. The average molecular weight is 335 g/mol. The number of hydrogen-bond acceptors (Lipinski definition) is 2. The number of nitrogens with one attached hydrogen (secondary N) is 2. The number of H-pyrrole nitrogens is 1. The zero-order valence-electron chi connectivity index (χ0n) is 14.6. The van der Waals surface area contributed by atoms with E-state index in [1.54, 1.807) is 26.2 Å². The van der Waals surface area contributed by atoms with E-state index in [0.717, 1.165) is 22.0 Å². The third-order valence-corrected chi connectivity index (χ3v) is 4.27. The first-order valence-electron chi connectivity index (χ1n) is 8.13. The summed E-state index contributed by atoms with van der Waals surface area (Å²) >= 11 is 0. The molecule has 0 unspecified atom stereocenters. The molecule has 0 radical (unpaired) electrons. The molecule has 25 heavy (non-hydrogen) atoms. The van der Waals surface area contributed by atoms with Gasteiger partial charge in [-0.05, 0) is 36.2 Å². The Morgan fingerprint density at radius 1 is 1.08 bits per heavy atom. The topological polar surface area (TPSA) is 65.2 Å². The lowest BCUT2D eigenvalue weighted by molar-refractivity contribution is -0.115. The summed E-state index contributed by atoms with van der Waals surface area (Å²) in [5.74, 6) is -0.187. The fourth-order valence-corrected chi connectivity index (χ4v) is 2.89. The number of aromatic nitrogens is 1. The fourth-order valence-electron chi connectivity index (χ4n) is 2.89. The van der Waals surface area contributed by atoms with Crippen LogP contribution in [0.5, 0.6) is 0 Å². The van der Waals surface area contributed by atoms with E-state index in [0.29, 0.717) is 11.3 Å². The number of anilines is 1. The molecule has 0 aliphatic rings. The van der Waals surface area contributed by atoms with Gasteiger partial charge in [0.25, 0.3) is 5.91 Å². The van der Waals surface area contributed by atoms with Crippen LogP contribution in [-0.4, -0.2) is 35.8 Å². The van der Waals surface area contributed by atoms with E-state index in [1.807, 2.05) is 43.5 Å². The van der Waals surface area contributed by atoms with Crippen LogP contribution in [0.25, 0.3) is 10.9 Å². The van der Waals surface area contributed by atoms with Gasteiger partial charge in [-0.25, -0.2) is 0 Å². The van der Waals surface area contributed by atoms with E-state index >= 15 is 0 Å². The highest BCUT2D eigenvalue weighted by atomic mass is 16.2. The minimum atomic E-state index is -0.109. The van der Waals surface area contributed by atoms with Crippen molar-refractivity contribution >= 4 is 28.4 Å². The maximum absolute atomic E-state index is 12.5. The Morgan fingerprint density at radius 2 is 1.84 bits per heavy atom. The molecule has 5 nitrogen and oxygen atoms in total. The number of para-hydroxylation sites is 1. The second-order valence-corrected chi connectivity index (χ2v) is 6.26. The molecule has 128 valence electrons. The molecule has 0 aliphatic carbocycles. The predicted octanol–water partition coefficient (Wildman–Crippen LogP) is 3.36. The van der Waals surface area contributed by atoms with E-state index in [2.05, 4.69) is 10.3 Å². The summed E-state index contributed by atoms with van der Waals surface area (Å²) in [6.45, 7) is 1.85. The SMILES string of the molecule is Cc1c(NC(=O)Cc2c[nH]c3ccccc23)cccc1C(=O)N(C)C. The largest absolute Gasteiger partial charge is 0.361 e. The van der Waals surface area contributed by atoms with Gasteiger partial charge in [-0.2, -0.15) is 0 Å². The van der Waals surface area contributed by atoms with Crippen molar-refractivity contribution in [3.8, 4) is 0 Å². The minimum Gasteiger partial charge on any atom is -0.361 e. The number of nitrogens with zero attached hydrogens (tertiary/aromatic N) is 1. The first-order chi connectivity index (χ1) is 12.0. The summed E-state index contributed by atoms with van der Waals surface area (Å²) in [4.78, 5) is 29.4. The zero-order valence-corrected chi connectivity index (χ0v) is 14.6. The summed E-state index contributed by atoms with van der Waals surface area (Å²) in [5, 5.41) is 3.97. The first-order valence-corrected chi connectivity index (χ1v) is 8.13. The van der Waals surface area contributed by atoms with Crippen LogP contribution >= 0.6 is 0 Å². The second kappa shape index (κ2) is 6.81. The normalized spacial score (nSPS) is 10.7. The van der Waals surface area contributed by atoms with E-state index in [4.69, 9.17) is 0 Å². The Balaban J connectivity index is 1.79. The molecule has 0 atom stereocenters. The summed E-state index contributed by atoms with van der Waals surface area (Å²) in [7, 11) is 3.42. The molecule has 0 spiro atoms. The number of benzene rings is 2. The molecule has 3 aromatic rings. The van der Waals surface area contributed by atoms with Gasteiger partial charge in [-0.3, -0.25) is 9.59 Å². The zero-order chi connectivity index (χ0) is 18.0. The average Bonchev–Trinajstić information content (AvgIpc) is 2.99. The van der Waals surface area contributed by atoms with Gasteiger partial charge in [0.2, 0.25) is 5.91 Å². The van der Waals surface area contributed by atoms with Crippen LogP contribution in [0.15, 0.2) is 48.7 Å². The van der Waals surface area contributed by atoms with Crippen LogP contribution in [0.1, 0.15) is 21.5 Å². The van der Waals surface area contributed by atoms with Gasteiger partial charge in [0.05, 0.1) is 6.42 Å². The van der Waals surface area contributed by atoms with Crippen LogP contribution in [0.4, 0.5) is 5.69 Å². The van der Waals surface area contributed by atoms with Crippen molar-refractivity contribution in [3.05, 3.63) is 65.4 Å². The molecule has 3 rings (SSSR count). The van der Waals surface area contributed by atoms with Gasteiger partial charge in [-0.1, -0.05) is 24.3 Å². The quantitative estimate of drug-likeness (QED) is 0.768. The number of aromatic amines is 1. The minimum absolute atomic E-state index is 0.0785. The van der Waals surface area contributed by atoms with Gasteiger partial charge in [-0.15, -0.1) is 0 Å². The van der Waals surface area contributed by atoms with Crippen LogP contribution < -0.4 is 5.32 Å². The van der Waals surface area contributed by atoms with Crippen molar-refractivity contribution in [2.75, 3.05) is 19.4 Å². The Hall–Kier alpha value is -3.08. The number of amides is 2. The predicted molar refractivity (Wildman–Crippen MR) is 99.8 cm³/mol. The lowest BCUT2D eigenvalue weighted by Gasteiger charge is -2.15. The van der Waals surface area contributed by atoms with E-state index in [-0.39, 0.29) is 18.2 Å². The molecule has 0 aliphatic heterocycles. The summed E-state index contributed by atoms with van der Waals surface area (Å²) < 4.78 is 0. The highest BCUT2D eigenvalue weighted by Gasteiger charge is 2.15. The van der Waals surface area contributed by atoms with Crippen LogP contribution in [0.2, 0.25) is 0 Å². The molecule has 2 N–H and O–H groups in total. The highest BCUT2D eigenvalue weighted by molar-refractivity contribution is 6.00. The van der Waals surface area contributed by atoms with Crippen LogP contribution in [-0.2, 0) is 11.2 Å². The fraction of sp³-hybridized carbons (Fsp3) is 0.200. The molecular formula is C20H21N3O2. The molecule has 0 bridgehead atoms. The van der Waals surface area contributed by atoms with Crippen molar-refractivity contribution in [1.82, 2.24) is 9.88 Å². The standard InChI is InChI=1S/C20H21N3O2/c1-13-15(20(25)23(2)3)8-6-10-17(13)22-19(24)11-14-12-21-18-9-5-4-7-16(14)18/h4-10,12,21H,11H2,1-3H3,(H,22,24). The van der Waals surface area contributed by atoms with Gasteiger partial charge in [0.1, 0.15) is 0 Å². The molecule has 1 heterocycles. The monoisotopic (exact) mass is 335 g/mol. The van der Waals surface area contributed by atoms with Crippen LogP contribution in [0, 0.1) is 6.92 Å². The molecule has 0 fully saturated rings. The van der Waals surface area contributed by atoms with Gasteiger partial charge >= 0.3 is 0 Å². The van der Waals surface area contributed by atoms with E-state index < -0.39 is 0 Å². The third-order valence-electron chi connectivity index (χ3n) is 4.27. The summed E-state index contributed by atoms with van der Waals surface area (Å²) in [5.41, 5.74) is 3.99. The number of rotatable bonds is 4. The lowest BCUT2D eigenvalue weighted by Crippen LogP contribution is -2.23. The second-order valence-electron chi connectivity index (χ2n) is 6.26. The summed E-state index contributed by atoms with van der Waals surface area (Å²) in [6, 6.07) is 13.3. The highest BCUT2D eigenvalue weighted by Crippen LogP contribution is 2.22. The Morgan fingerprint density at radius 3 is 2.60 bits per heavy atom. The smallest absolute Gasteiger partial charge is 0.253 e. The first kappa shape index (κ1) is 16.8. The Bertz CT molecular complexity index is 941. The molecule has 1 aromatic heterocycles. The Labute approximate surface area is 146 Å². The molecule has 5 heteroatoms. The number of fused-ring (bicyclic) bond motifs is 1. The molecule has 2 aromatic carbocycles. The summed E-state index contributed by atoms with van der Waals surface area (Å²) in [6.07, 6.45) is 2.14. The van der Waals surface area contributed by atoms with Crippen molar-refractivity contribution in [1.29, 1.82) is 0 Å². The van der Waals surface area contributed by atoms with Gasteiger partial charge in [0, 0.05) is 42.4 Å². The van der Waals surface area contributed by atoms with Crippen molar-refractivity contribution in [2.24, 2.45) is 0 Å². The maximum Gasteiger partial charge on any atom is 0.253 e. The van der Waals surface area contributed by atoms with Gasteiger partial charge in [0.15, 0.2) is 0 Å². The lowest BCUT2D eigenvalue weighted by atomic mass is 10.0. The Kier molecular flexibility index (Phi) is 4.57. The van der Waals surface area contributed by atoms with E-state index in [9.17, 15) is 9.59 Å². The molecule has 2 amide bonds. The number of carbonyl (C=O) groups is 2. The maximum atomic E-state index is 12.5. The number of hydrogen-bond donors (Lipinski definition) is 2.